The van der Waals surface area contributed by atoms with Crippen molar-refractivity contribution in [2.45, 2.75) is 26.4 Å². The Kier molecular flexibility index (Phi) is 6.21. The first-order valence-electron chi connectivity index (χ1n) is 11.3. The number of rotatable bonds is 6. The fourth-order valence-electron chi connectivity index (χ4n) is 4.44. The van der Waals surface area contributed by atoms with Gasteiger partial charge in [-0.1, -0.05) is 60.7 Å². The molecule has 0 saturated heterocycles. The van der Waals surface area contributed by atoms with Crippen molar-refractivity contribution in [2.75, 3.05) is 13.2 Å². The van der Waals surface area contributed by atoms with E-state index in [0.29, 0.717) is 6.61 Å². The molecule has 5 heteroatoms. The van der Waals surface area contributed by atoms with Crippen molar-refractivity contribution in [2.24, 2.45) is 4.99 Å². The maximum Gasteiger partial charge on any atom is 0.134 e. The zero-order valence-corrected chi connectivity index (χ0v) is 19.4. The Morgan fingerprint density at radius 2 is 1.91 bits per heavy atom. The third kappa shape index (κ3) is 4.41. The molecule has 2 heterocycles. The van der Waals surface area contributed by atoms with Crippen LogP contribution >= 0.6 is 11.3 Å². The van der Waals surface area contributed by atoms with Crippen molar-refractivity contribution >= 4 is 33.3 Å². The molecule has 0 saturated carbocycles. The van der Waals surface area contributed by atoms with Crippen molar-refractivity contribution in [1.82, 2.24) is 4.90 Å². The molecule has 164 valence electrons. The number of ether oxygens (including phenoxy) is 1. The molecule has 3 aromatic carbocycles. The Labute approximate surface area is 198 Å². The van der Waals surface area contributed by atoms with Crippen molar-refractivity contribution in [3.05, 3.63) is 93.9 Å². The zero-order valence-electron chi connectivity index (χ0n) is 18.6. The van der Waals surface area contributed by atoms with Gasteiger partial charge in [-0.2, -0.15) is 5.26 Å². The molecule has 0 amide bonds. The smallest absolute Gasteiger partial charge is 0.134 e. The average Bonchev–Trinajstić information content (AvgIpc) is 3.20. The molecule has 1 aliphatic heterocycles. The summed E-state index contributed by atoms with van der Waals surface area (Å²) in [5.41, 5.74) is 4.16. The topological polar surface area (TPSA) is 48.6 Å². The molecule has 0 aliphatic carbocycles. The van der Waals surface area contributed by atoms with Crippen LogP contribution < -0.4 is 4.74 Å². The largest absolute Gasteiger partial charge is 0.493 e. The number of hydrogen-bond donors (Lipinski definition) is 0. The molecule has 0 N–H and O–H groups in total. The van der Waals surface area contributed by atoms with Crippen LogP contribution in [0.2, 0.25) is 0 Å². The molecular weight excluding hydrogens is 426 g/mol. The monoisotopic (exact) mass is 451 g/mol. The molecule has 0 spiro atoms. The highest BCUT2D eigenvalue weighted by atomic mass is 32.1. The third-order valence-electron chi connectivity index (χ3n) is 6.02. The number of nitrogens with zero attached hydrogens (tertiary/aromatic N) is 3. The van der Waals surface area contributed by atoms with Crippen LogP contribution in [0.4, 0.5) is 5.00 Å². The molecule has 33 heavy (non-hydrogen) atoms. The lowest BCUT2D eigenvalue weighted by atomic mass is 10.0. The molecule has 4 nitrogen and oxygen atoms in total. The van der Waals surface area contributed by atoms with Crippen molar-refractivity contribution < 1.29 is 4.74 Å². The van der Waals surface area contributed by atoms with Crippen LogP contribution in [0, 0.1) is 11.3 Å². The van der Waals surface area contributed by atoms with E-state index in [0.717, 1.165) is 58.7 Å². The minimum atomic E-state index is 0.590. The standard InChI is InChI=1S/C28H25N3OS/c1-2-32-26-13-12-21-10-6-7-11-22(21)25(26)17-30-28-24(16-29)23-14-15-31(19-27(23)33-28)18-20-8-4-3-5-9-20/h3-13,17H,2,14-15,18-19H2,1H3. The van der Waals surface area contributed by atoms with Crippen LogP contribution in [0.15, 0.2) is 71.7 Å². The first kappa shape index (κ1) is 21.4. The second-order valence-electron chi connectivity index (χ2n) is 8.13. The third-order valence-corrected chi connectivity index (χ3v) is 7.14. The van der Waals surface area contributed by atoms with Gasteiger partial charge in [-0.15, -0.1) is 11.3 Å². The van der Waals surface area contributed by atoms with E-state index in [2.05, 4.69) is 53.4 Å². The quantitative estimate of drug-likeness (QED) is 0.315. The average molecular weight is 452 g/mol. The predicted molar refractivity (Wildman–Crippen MR) is 136 cm³/mol. The van der Waals surface area contributed by atoms with Crippen LogP contribution in [0.3, 0.4) is 0 Å². The molecule has 0 atom stereocenters. The summed E-state index contributed by atoms with van der Waals surface area (Å²) in [5, 5.41) is 12.9. The van der Waals surface area contributed by atoms with Gasteiger partial charge in [0.25, 0.3) is 0 Å². The highest BCUT2D eigenvalue weighted by Gasteiger charge is 2.24. The van der Waals surface area contributed by atoms with Crippen molar-refractivity contribution in [3.8, 4) is 11.8 Å². The first-order chi connectivity index (χ1) is 16.3. The maximum atomic E-state index is 9.92. The summed E-state index contributed by atoms with van der Waals surface area (Å²) in [6, 6.07) is 25.3. The van der Waals surface area contributed by atoms with E-state index in [-0.39, 0.29) is 0 Å². The molecular formula is C28H25N3OS. The van der Waals surface area contributed by atoms with Crippen LogP contribution in [-0.2, 0) is 19.5 Å². The summed E-state index contributed by atoms with van der Waals surface area (Å²) in [6.45, 7) is 5.31. The van der Waals surface area contributed by atoms with Gasteiger partial charge in [-0.3, -0.25) is 4.90 Å². The number of aliphatic imine (C=N–C) groups is 1. The lowest BCUT2D eigenvalue weighted by Gasteiger charge is -2.26. The zero-order chi connectivity index (χ0) is 22.6. The Hall–Kier alpha value is -3.46. The maximum absolute atomic E-state index is 9.92. The molecule has 0 fully saturated rings. The SMILES string of the molecule is CCOc1ccc2ccccc2c1C=Nc1sc2c(c1C#N)CCN(Cc1ccccc1)C2. The van der Waals surface area contributed by atoms with E-state index in [1.165, 1.54) is 16.0 Å². The molecule has 0 unspecified atom stereocenters. The number of benzene rings is 3. The normalized spacial score (nSPS) is 13.8. The lowest BCUT2D eigenvalue weighted by molar-refractivity contribution is 0.249. The van der Waals surface area contributed by atoms with Crippen LogP contribution in [-0.4, -0.2) is 24.3 Å². The van der Waals surface area contributed by atoms with Gasteiger partial charge in [0.15, 0.2) is 0 Å². The summed E-state index contributed by atoms with van der Waals surface area (Å²) in [7, 11) is 0. The van der Waals surface area contributed by atoms with E-state index < -0.39 is 0 Å². The minimum absolute atomic E-state index is 0.590. The second-order valence-corrected chi connectivity index (χ2v) is 9.22. The predicted octanol–water partition coefficient (Wildman–Crippen LogP) is 6.48. The van der Waals surface area contributed by atoms with E-state index in [9.17, 15) is 5.26 Å². The Morgan fingerprint density at radius 1 is 1.09 bits per heavy atom. The van der Waals surface area contributed by atoms with E-state index in [1.54, 1.807) is 11.3 Å². The lowest BCUT2D eigenvalue weighted by Crippen LogP contribution is -2.29. The highest BCUT2D eigenvalue weighted by Crippen LogP contribution is 2.39. The number of hydrogen-bond acceptors (Lipinski definition) is 5. The van der Waals surface area contributed by atoms with Gasteiger partial charge in [-0.05, 0) is 41.3 Å². The fraction of sp³-hybridized carbons (Fsp3) is 0.214. The summed E-state index contributed by atoms with van der Waals surface area (Å²) in [4.78, 5) is 8.53. The van der Waals surface area contributed by atoms with Gasteiger partial charge in [-0.25, -0.2) is 4.99 Å². The van der Waals surface area contributed by atoms with E-state index in [1.807, 2.05) is 37.4 Å². The van der Waals surface area contributed by atoms with Gasteiger partial charge in [0.1, 0.15) is 16.8 Å². The van der Waals surface area contributed by atoms with Crippen LogP contribution in [0.25, 0.3) is 10.8 Å². The van der Waals surface area contributed by atoms with Gasteiger partial charge < -0.3 is 4.74 Å². The molecule has 0 radical (unpaired) electrons. The van der Waals surface area contributed by atoms with E-state index >= 15 is 0 Å². The van der Waals surface area contributed by atoms with Gasteiger partial charge in [0, 0.05) is 36.3 Å². The van der Waals surface area contributed by atoms with Gasteiger partial charge in [0.2, 0.25) is 0 Å². The van der Waals surface area contributed by atoms with Crippen LogP contribution in [0.5, 0.6) is 5.75 Å². The molecule has 4 aromatic rings. The number of fused-ring (bicyclic) bond motifs is 2. The fourth-order valence-corrected chi connectivity index (χ4v) is 5.62. The molecule has 1 aromatic heterocycles. The Bertz CT molecular complexity index is 1350. The summed E-state index contributed by atoms with van der Waals surface area (Å²) < 4.78 is 5.88. The van der Waals surface area contributed by atoms with Gasteiger partial charge in [0.05, 0.1) is 12.2 Å². The highest BCUT2D eigenvalue weighted by molar-refractivity contribution is 7.16. The van der Waals surface area contributed by atoms with E-state index in [4.69, 9.17) is 9.73 Å². The first-order valence-corrected chi connectivity index (χ1v) is 12.1. The molecule has 5 rings (SSSR count). The number of thiophene rings is 1. The summed E-state index contributed by atoms with van der Waals surface area (Å²) in [6.07, 6.45) is 2.75. The summed E-state index contributed by atoms with van der Waals surface area (Å²) in [5.74, 6) is 0.814. The van der Waals surface area contributed by atoms with Crippen molar-refractivity contribution in [3.63, 3.8) is 0 Å². The Morgan fingerprint density at radius 3 is 2.73 bits per heavy atom. The van der Waals surface area contributed by atoms with Gasteiger partial charge >= 0.3 is 0 Å². The molecule has 0 bridgehead atoms. The summed E-state index contributed by atoms with van der Waals surface area (Å²) >= 11 is 1.64. The van der Waals surface area contributed by atoms with Crippen molar-refractivity contribution in [1.29, 1.82) is 5.26 Å². The Balaban J connectivity index is 1.46. The second kappa shape index (κ2) is 9.58. The van der Waals surface area contributed by atoms with Crippen LogP contribution in [0.1, 0.15) is 34.1 Å². The number of nitriles is 1. The minimum Gasteiger partial charge on any atom is -0.493 e. The molecule has 1 aliphatic rings.